The predicted molar refractivity (Wildman–Crippen MR) is 89.9 cm³/mol. The standard InChI is InChI=1S/C17H16Br2O/c1-2-11-5-3-4-6-14(11)16(19)15-10-13(18)9-12-7-8-20-17(12)15/h3-6,9-10,16H,2,7-8H2,1H3. The summed E-state index contributed by atoms with van der Waals surface area (Å²) in [7, 11) is 0. The largest absolute Gasteiger partial charge is 0.493 e. The molecule has 0 spiro atoms. The van der Waals surface area contributed by atoms with Crippen LogP contribution in [0, 0.1) is 0 Å². The number of hydrogen-bond acceptors (Lipinski definition) is 1. The SMILES string of the molecule is CCc1ccccc1C(Br)c1cc(Br)cc2c1OCC2. The van der Waals surface area contributed by atoms with Crippen LogP contribution in [0.2, 0.25) is 0 Å². The fourth-order valence-electron chi connectivity index (χ4n) is 2.76. The fraction of sp³-hybridized carbons (Fsp3) is 0.294. The molecule has 0 aliphatic carbocycles. The van der Waals surface area contributed by atoms with Crippen LogP contribution in [0.3, 0.4) is 0 Å². The molecular weight excluding hydrogens is 380 g/mol. The smallest absolute Gasteiger partial charge is 0.127 e. The molecular formula is C17H16Br2O. The summed E-state index contributed by atoms with van der Waals surface area (Å²) in [6, 6.07) is 12.9. The molecule has 0 amide bonds. The van der Waals surface area contributed by atoms with Crippen LogP contribution in [-0.2, 0) is 12.8 Å². The van der Waals surface area contributed by atoms with Gasteiger partial charge in [-0.25, -0.2) is 0 Å². The molecule has 0 saturated carbocycles. The summed E-state index contributed by atoms with van der Waals surface area (Å²) < 4.78 is 6.97. The molecule has 2 aromatic carbocycles. The third kappa shape index (κ3) is 2.53. The van der Waals surface area contributed by atoms with Crippen LogP contribution in [0.4, 0.5) is 0 Å². The van der Waals surface area contributed by atoms with Crippen molar-refractivity contribution in [1.29, 1.82) is 0 Å². The predicted octanol–water partition coefficient (Wildman–Crippen LogP) is 5.43. The van der Waals surface area contributed by atoms with E-state index in [1.807, 2.05) is 0 Å². The quantitative estimate of drug-likeness (QED) is 0.629. The second kappa shape index (κ2) is 5.90. The summed E-state index contributed by atoms with van der Waals surface area (Å²) in [5.74, 6) is 1.06. The van der Waals surface area contributed by atoms with E-state index in [2.05, 4.69) is 75.2 Å². The fourth-order valence-corrected chi connectivity index (χ4v) is 4.07. The minimum Gasteiger partial charge on any atom is -0.493 e. The molecule has 2 aromatic rings. The monoisotopic (exact) mass is 394 g/mol. The highest BCUT2D eigenvalue weighted by Gasteiger charge is 2.23. The molecule has 0 fully saturated rings. The number of benzene rings is 2. The Morgan fingerprint density at radius 3 is 2.80 bits per heavy atom. The third-order valence-corrected chi connectivity index (χ3v) is 5.20. The minimum atomic E-state index is 0.169. The molecule has 1 aliphatic heterocycles. The van der Waals surface area contributed by atoms with Crippen molar-refractivity contribution in [3.05, 3.63) is 63.1 Å². The van der Waals surface area contributed by atoms with Gasteiger partial charge in [0.05, 0.1) is 11.4 Å². The summed E-state index contributed by atoms with van der Waals surface area (Å²) in [6.45, 7) is 2.98. The van der Waals surface area contributed by atoms with Crippen LogP contribution in [0.1, 0.15) is 34.0 Å². The number of alkyl halides is 1. The van der Waals surface area contributed by atoms with Gasteiger partial charge in [0.1, 0.15) is 5.75 Å². The van der Waals surface area contributed by atoms with E-state index in [-0.39, 0.29) is 4.83 Å². The molecule has 1 heterocycles. The molecule has 104 valence electrons. The van der Waals surface area contributed by atoms with Gasteiger partial charge in [0.25, 0.3) is 0 Å². The summed E-state index contributed by atoms with van der Waals surface area (Å²) in [6.07, 6.45) is 2.03. The first kappa shape index (κ1) is 14.2. The molecule has 1 unspecified atom stereocenters. The van der Waals surface area contributed by atoms with Crippen molar-refractivity contribution in [2.75, 3.05) is 6.61 Å². The first-order chi connectivity index (χ1) is 9.70. The van der Waals surface area contributed by atoms with Gasteiger partial charge < -0.3 is 4.74 Å². The summed E-state index contributed by atoms with van der Waals surface area (Å²) >= 11 is 7.49. The molecule has 3 rings (SSSR count). The first-order valence-electron chi connectivity index (χ1n) is 6.87. The van der Waals surface area contributed by atoms with E-state index in [1.54, 1.807) is 0 Å². The first-order valence-corrected chi connectivity index (χ1v) is 8.58. The Hall–Kier alpha value is -0.800. The Balaban J connectivity index is 2.09. The van der Waals surface area contributed by atoms with Gasteiger partial charge in [-0.1, -0.05) is 63.0 Å². The molecule has 1 aliphatic rings. The Labute approximate surface area is 136 Å². The van der Waals surface area contributed by atoms with Crippen LogP contribution in [0.5, 0.6) is 5.75 Å². The molecule has 0 saturated heterocycles. The van der Waals surface area contributed by atoms with Crippen LogP contribution in [0.15, 0.2) is 40.9 Å². The lowest BCUT2D eigenvalue weighted by molar-refractivity contribution is 0.354. The average molecular weight is 396 g/mol. The van der Waals surface area contributed by atoms with Gasteiger partial charge in [-0.3, -0.25) is 0 Å². The number of fused-ring (bicyclic) bond motifs is 1. The zero-order valence-corrected chi connectivity index (χ0v) is 14.5. The van der Waals surface area contributed by atoms with Crippen LogP contribution >= 0.6 is 31.9 Å². The van der Waals surface area contributed by atoms with E-state index in [0.29, 0.717) is 0 Å². The molecule has 0 aromatic heterocycles. The molecule has 1 atom stereocenters. The number of halogens is 2. The van der Waals surface area contributed by atoms with Crippen molar-refractivity contribution in [2.45, 2.75) is 24.6 Å². The molecule has 3 heteroatoms. The maximum atomic E-state index is 5.85. The molecule has 0 radical (unpaired) electrons. The van der Waals surface area contributed by atoms with Gasteiger partial charge in [0, 0.05) is 16.5 Å². The van der Waals surface area contributed by atoms with Crippen molar-refractivity contribution in [3.63, 3.8) is 0 Å². The Morgan fingerprint density at radius 2 is 2.00 bits per heavy atom. The van der Waals surface area contributed by atoms with E-state index in [0.717, 1.165) is 29.7 Å². The lowest BCUT2D eigenvalue weighted by Gasteiger charge is -2.18. The number of ether oxygens (including phenoxy) is 1. The van der Waals surface area contributed by atoms with E-state index in [4.69, 9.17) is 4.74 Å². The Kier molecular flexibility index (Phi) is 4.18. The van der Waals surface area contributed by atoms with Crippen molar-refractivity contribution in [3.8, 4) is 5.75 Å². The minimum absolute atomic E-state index is 0.169. The lowest BCUT2D eigenvalue weighted by Crippen LogP contribution is -2.00. The van der Waals surface area contributed by atoms with Crippen LogP contribution in [0.25, 0.3) is 0 Å². The zero-order valence-electron chi connectivity index (χ0n) is 11.3. The topological polar surface area (TPSA) is 9.23 Å². The summed E-state index contributed by atoms with van der Waals surface area (Å²) in [4.78, 5) is 0.169. The molecule has 0 bridgehead atoms. The maximum absolute atomic E-state index is 5.85. The van der Waals surface area contributed by atoms with Gasteiger partial charge >= 0.3 is 0 Å². The van der Waals surface area contributed by atoms with Crippen molar-refractivity contribution >= 4 is 31.9 Å². The van der Waals surface area contributed by atoms with Gasteiger partial charge in [0.15, 0.2) is 0 Å². The van der Waals surface area contributed by atoms with Gasteiger partial charge in [0.2, 0.25) is 0 Å². The van der Waals surface area contributed by atoms with E-state index in [9.17, 15) is 0 Å². The number of rotatable bonds is 3. The maximum Gasteiger partial charge on any atom is 0.127 e. The van der Waals surface area contributed by atoms with E-state index >= 15 is 0 Å². The average Bonchev–Trinajstić information content (AvgIpc) is 2.93. The van der Waals surface area contributed by atoms with Crippen LogP contribution < -0.4 is 4.74 Å². The van der Waals surface area contributed by atoms with E-state index in [1.165, 1.54) is 22.3 Å². The van der Waals surface area contributed by atoms with Gasteiger partial charge in [-0.15, -0.1) is 0 Å². The van der Waals surface area contributed by atoms with Crippen molar-refractivity contribution in [2.24, 2.45) is 0 Å². The van der Waals surface area contributed by atoms with Crippen molar-refractivity contribution in [1.82, 2.24) is 0 Å². The number of aryl methyl sites for hydroxylation is 1. The van der Waals surface area contributed by atoms with Gasteiger partial charge in [-0.05, 0) is 35.2 Å². The molecule has 1 nitrogen and oxygen atoms in total. The number of hydrogen-bond donors (Lipinski definition) is 0. The molecule has 20 heavy (non-hydrogen) atoms. The lowest BCUT2D eigenvalue weighted by atomic mass is 9.96. The summed E-state index contributed by atoms with van der Waals surface area (Å²) in [5.41, 5.74) is 5.22. The summed E-state index contributed by atoms with van der Waals surface area (Å²) in [5, 5.41) is 0. The van der Waals surface area contributed by atoms with Crippen LogP contribution in [-0.4, -0.2) is 6.61 Å². The Morgan fingerprint density at radius 1 is 1.20 bits per heavy atom. The highest BCUT2D eigenvalue weighted by Crippen LogP contribution is 2.43. The molecule has 0 N–H and O–H groups in total. The van der Waals surface area contributed by atoms with Crippen molar-refractivity contribution < 1.29 is 4.74 Å². The highest BCUT2D eigenvalue weighted by molar-refractivity contribution is 9.10. The third-order valence-electron chi connectivity index (χ3n) is 3.76. The highest BCUT2D eigenvalue weighted by atomic mass is 79.9. The van der Waals surface area contributed by atoms with Gasteiger partial charge in [-0.2, -0.15) is 0 Å². The zero-order chi connectivity index (χ0) is 14.1. The Bertz CT molecular complexity index is 637. The second-order valence-corrected chi connectivity index (χ2v) is 6.83. The normalized spacial score (nSPS) is 14.8. The second-order valence-electron chi connectivity index (χ2n) is 5.00. The van der Waals surface area contributed by atoms with E-state index < -0.39 is 0 Å².